The first kappa shape index (κ1) is 19.3. The number of hydrogen-bond donors (Lipinski definition) is 1. The van der Waals surface area contributed by atoms with Crippen molar-refractivity contribution in [2.75, 3.05) is 20.1 Å². The molecule has 1 saturated heterocycles. The highest BCUT2D eigenvalue weighted by atomic mass is 35.6. The van der Waals surface area contributed by atoms with E-state index < -0.39 is 9.96 Å². The number of nitrogens with one attached hydrogen (secondary N) is 1. The van der Waals surface area contributed by atoms with Crippen LogP contribution in [0, 0.1) is 0 Å². The summed E-state index contributed by atoms with van der Waals surface area (Å²) < 4.78 is -1.71. The van der Waals surface area contributed by atoms with E-state index >= 15 is 0 Å². The van der Waals surface area contributed by atoms with Gasteiger partial charge in [-0.2, -0.15) is 0 Å². The SMILES string of the molecule is CN1CCCN(C(NC(=O)/C=C/c2ccccc2)C(Cl)(Cl)Cl)C1=S. The van der Waals surface area contributed by atoms with Gasteiger partial charge in [0.1, 0.15) is 0 Å². The maximum Gasteiger partial charge on any atom is 0.245 e. The second-order valence-corrected chi connectivity index (χ2v) is 8.18. The van der Waals surface area contributed by atoms with E-state index in [-0.39, 0.29) is 5.91 Å². The average Bonchev–Trinajstić information content (AvgIpc) is 2.53. The number of rotatable bonds is 4. The van der Waals surface area contributed by atoms with Crippen LogP contribution in [0.2, 0.25) is 0 Å². The van der Waals surface area contributed by atoms with Gasteiger partial charge in [-0.1, -0.05) is 65.1 Å². The normalized spacial score (nSPS) is 17.2. The van der Waals surface area contributed by atoms with E-state index in [1.54, 1.807) is 11.0 Å². The third-order valence-electron chi connectivity index (χ3n) is 3.59. The standard InChI is InChI=1S/C16H18Cl3N3OS/c1-21-10-5-11-22(15(21)24)14(16(17,18)19)20-13(23)9-8-12-6-3-2-4-7-12/h2-4,6-9,14H,5,10-11H2,1H3,(H,20,23)/b9-8+. The van der Waals surface area contributed by atoms with E-state index in [0.717, 1.165) is 18.5 Å². The first-order valence-corrected chi connectivity index (χ1v) is 8.95. The Kier molecular flexibility index (Phi) is 6.75. The molecule has 0 aliphatic carbocycles. The van der Waals surface area contributed by atoms with E-state index in [9.17, 15) is 4.79 Å². The minimum atomic E-state index is -1.71. The number of benzene rings is 1. The van der Waals surface area contributed by atoms with Gasteiger partial charge in [0, 0.05) is 26.2 Å². The second-order valence-electron chi connectivity index (χ2n) is 5.45. The van der Waals surface area contributed by atoms with Gasteiger partial charge in [-0.25, -0.2) is 0 Å². The largest absolute Gasteiger partial charge is 0.352 e. The fourth-order valence-corrected chi connectivity index (χ4v) is 3.19. The number of thiocarbonyl (C=S) groups is 1. The molecule has 1 aromatic carbocycles. The molecule has 24 heavy (non-hydrogen) atoms. The van der Waals surface area contributed by atoms with Crippen LogP contribution in [0.5, 0.6) is 0 Å². The highest BCUT2D eigenvalue weighted by Gasteiger charge is 2.41. The topological polar surface area (TPSA) is 35.6 Å². The van der Waals surface area contributed by atoms with Gasteiger partial charge in [-0.05, 0) is 30.3 Å². The molecule has 0 spiro atoms. The van der Waals surface area contributed by atoms with Gasteiger partial charge in [0.25, 0.3) is 0 Å². The van der Waals surface area contributed by atoms with Crippen LogP contribution in [0.4, 0.5) is 0 Å². The zero-order valence-corrected chi connectivity index (χ0v) is 16.2. The summed E-state index contributed by atoms with van der Waals surface area (Å²) in [5, 5.41) is 3.28. The molecular formula is C16H18Cl3N3OS. The Morgan fingerprint density at radius 2 is 1.96 bits per heavy atom. The van der Waals surface area contributed by atoms with Gasteiger partial charge in [0.2, 0.25) is 9.70 Å². The molecule has 8 heteroatoms. The molecule has 1 heterocycles. The molecule has 0 radical (unpaired) electrons. The Bertz CT molecular complexity index is 619. The van der Waals surface area contributed by atoms with E-state index in [2.05, 4.69) is 5.32 Å². The summed E-state index contributed by atoms with van der Waals surface area (Å²) >= 11 is 23.6. The summed E-state index contributed by atoms with van der Waals surface area (Å²) in [5.74, 6) is -0.355. The van der Waals surface area contributed by atoms with Gasteiger partial charge in [-0.15, -0.1) is 0 Å². The van der Waals surface area contributed by atoms with Crippen molar-refractivity contribution in [2.45, 2.75) is 16.4 Å². The summed E-state index contributed by atoms with van der Waals surface area (Å²) in [6, 6.07) is 9.48. The van der Waals surface area contributed by atoms with Crippen molar-refractivity contribution in [3.63, 3.8) is 0 Å². The van der Waals surface area contributed by atoms with Crippen molar-refractivity contribution in [3.05, 3.63) is 42.0 Å². The summed E-state index contributed by atoms with van der Waals surface area (Å²) in [5.41, 5.74) is 0.909. The first-order valence-electron chi connectivity index (χ1n) is 7.41. The van der Waals surface area contributed by atoms with Gasteiger partial charge in [0.05, 0.1) is 0 Å². The average molecular weight is 407 g/mol. The molecule has 1 amide bonds. The van der Waals surface area contributed by atoms with Crippen LogP contribution in [-0.2, 0) is 4.79 Å². The molecule has 0 saturated carbocycles. The lowest BCUT2D eigenvalue weighted by molar-refractivity contribution is -0.118. The number of halogens is 3. The molecular weight excluding hydrogens is 389 g/mol. The maximum atomic E-state index is 12.2. The number of carbonyl (C=O) groups excluding carboxylic acids is 1. The molecule has 1 fully saturated rings. The van der Waals surface area contributed by atoms with Gasteiger partial charge < -0.3 is 15.1 Å². The first-order chi connectivity index (χ1) is 11.3. The summed E-state index contributed by atoms with van der Waals surface area (Å²) in [4.78, 5) is 15.9. The Morgan fingerprint density at radius 3 is 2.58 bits per heavy atom. The highest BCUT2D eigenvalue weighted by molar-refractivity contribution is 7.80. The van der Waals surface area contributed by atoms with Crippen LogP contribution in [0.1, 0.15) is 12.0 Å². The molecule has 1 aliphatic rings. The molecule has 1 aliphatic heterocycles. The third-order valence-corrected chi connectivity index (χ3v) is 4.76. The molecule has 1 N–H and O–H groups in total. The second kappa shape index (κ2) is 8.39. The van der Waals surface area contributed by atoms with Crippen molar-refractivity contribution in [1.82, 2.24) is 15.1 Å². The van der Waals surface area contributed by atoms with Crippen molar-refractivity contribution in [2.24, 2.45) is 0 Å². The fraction of sp³-hybridized carbons (Fsp3) is 0.375. The third kappa shape index (κ3) is 5.24. The van der Waals surface area contributed by atoms with Crippen molar-refractivity contribution < 1.29 is 4.79 Å². The molecule has 4 nitrogen and oxygen atoms in total. The van der Waals surface area contributed by atoms with E-state index in [4.69, 9.17) is 47.0 Å². The number of carbonyl (C=O) groups is 1. The van der Waals surface area contributed by atoms with Crippen LogP contribution in [0.25, 0.3) is 6.08 Å². The Morgan fingerprint density at radius 1 is 1.29 bits per heavy atom. The Hall–Kier alpha value is -1.01. The van der Waals surface area contributed by atoms with Gasteiger partial charge in [0.15, 0.2) is 11.3 Å². The van der Waals surface area contributed by atoms with E-state index in [1.807, 2.05) is 42.3 Å². The minimum Gasteiger partial charge on any atom is -0.352 e. The minimum absolute atomic E-state index is 0.355. The maximum absolute atomic E-state index is 12.2. The van der Waals surface area contributed by atoms with Crippen LogP contribution in [-0.4, -0.2) is 50.9 Å². The number of nitrogens with zero attached hydrogens (tertiary/aromatic N) is 2. The predicted molar refractivity (Wildman–Crippen MR) is 104 cm³/mol. The summed E-state index contributed by atoms with van der Waals surface area (Å²) in [6.45, 7) is 1.45. The Balaban J connectivity index is 2.10. The molecule has 130 valence electrons. The quantitative estimate of drug-likeness (QED) is 0.472. The van der Waals surface area contributed by atoms with E-state index in [1.165, 1.54) is 6.08 Å². The monoisotopic (exact) mass is 405 g/mol. The predicted octanol–water partition coefficient (Wildman–Crippen LogP) is 3.43. The van der Waals surface area contributed by atoms with Crippen molar-refractivity contribution in [1.29, 1.82) is 0 Å². The zero-order valence-electron chi connectivity index (χ0n) is 13.1. The number of amides is 1. The Labute approximate surface area is 162 Å². The zero-order chi connectivity index (χ0) is 17.7. The van der Waals surface area contributed by atoms with Gasteiger partial charge >= 0.3 is 0 Å². The lowest BCUT2D eigenvalue weighted by Crippen LogP contribution is -2.61. The van der Waals surface area contributed by atoms with Crippen LogP contribution >= 0.6 is 47.0 Å². The van der Waals surface area contributed by atoms with Crippen LogP contribution < -0.4 is 5.32 Å². The lowest BCUT2D eigenvalue weighted by Gasteiger charge is -2.43. The summed E-state index contributed by atoms with van der Waals surface area (Å²) in [7, 11) is 1.88. The number of hydrogen-bond acceptors (Lipinski definition) is 2. The number of alkyl halides is 3. The van der Waals surface area contributed by atoms with Crippen molar-refractivity contribution in [3.8, 4) is 0 Å². The van der Waals surface area contributed by atoms with Gasteiger partial charge in [-0.3, -0.25) is 4.79 Å². The van der Waals surface area contributed by atoms with E-state index in [0.29, 0.717) is 11.7 Å². The van der Waals surface area contributed by atoms with Crippen LogP contribution in [0.3, 0.4) is 0 Å². The smallest absolute Gasteiger partial charge is 0.245 e. The highest BCUT2D eigenvalue weighted by Crippen LogP contribution is 2.33. The molecule has 1 aromatic rings. The molecule has 1 atom stereocenters. The fourth-order valence-electron chi connectivity index (χ4n) is 2.38. The molecule has 2 rings (SSSR count). The summed E-state index contributed by atoms with van der Waals surface area (Å²) in [6.07, 6.45) is 3.13. The van der Waals surface area contributed by atoms with Crippen LogP contribution in [0.15, 0.2) is 36.4 Å². The molecule has 1 unspecified atom stereocenters. The van der Waals surface area contributed by atoms with Crippen molar-refractivity contribution >= 4 is 64.1 Å². The molecule has 0 aromatic heterocycles. The lowest BCUT2D eigenvalue weighted by atomic mass is 10.2. The molecule has 0 bridgehead atoms.